The van der Waals surface area contributed by atoms with Gasteiger partial charge in [0.25, 0.3) is 11.8 Å². The van der Waals surface area contributed by atoms with E-state index in [0.29, 0.717) is 37.4 Å². The van der Waals surface area contributed by atoms with Crippen LogP contribution in [-0.2, 0) is 9.53 Å². The van der Waals surface area contributed by atoms with E-state index in [2.05, 4.69) is 10.1 Å². The summed E-state index contributed by atoms with van der Waals surface area (Å²) in [5.41, 5.74) is 0.290. The average Bonchev–Trinajstić information content (AvgIpc) is 3.35. The van der Waals surface area contributed by atoms with Crippen molar-refractivity contribution in [3.63, 3.8) is 0 Å². The molecule has 2 aromatic heterocycles. The van der Waals surface area contributed by atoms with E-state index >= 15 is 0 Å². The highest BCUT2D eigenvalue weighted by Crippen LogP contribution is 2.33. The molecule has 4 rings (SSSR count). The number of aliphatic carboxylic acids is 1. The van der Waals surface area contributed by atoms with Gasteiger partial charge in [0.05, 0.1) is 12.6 Å². The largest absolute Gasteiger partial charge is 0.490 e. The summed E-state index contributed by atoms with van der Waals surface area (Å²) in [7, 11) is 0. The topological polar surface area (TPSA) is 115 Å². The van der Waals surface area contributed by atoms with Gasteiger partial charge in [-0.2, -0.15) is 13.2 Å². The second-order valence-corrected chi connectivity index (χ2v) is 7.05. The number of alkyl halides is 3. The van der Waals surface area contributed by atoms with E-state index in [0.717, 1.165) is 0 Å². The highest BCUT2D eigenvalue weighted by molar-refractivity contribution is 5.92. The van der Waals surface area contributed by atoms with Crippen LogP contribution in [0.5, 0.6) is 5.88 Å². The van der Waals surface area contributed by atoms with Gasteiger partial charge < -0.3 is 24.0 Å². The number of nitrogens with zero attached hydrogens (tertiary/aromatic N) is 3. The summed E-state index contributed by atoms with van der Waals surface area (Å²) in [6, 6.07) is 4.31. The van der Waals surface area contributed by atoms with Crippen molar-refractivity contribution >= 4 is 11.9 Å². The molecule has 174 valence electrons. The Bertz CT molecular complexity index is 967. The van der Waals surface area contributed by atoms with Crippen molar-refractivity contribution in [1.29, 1.82) is 0 Å². The Morgan fingerprint density at radius 1 is 1.31 bits per heavy atom. The lowest BCUT2D eigenvalue weighted by molar-refractivity contribution is -0.192. The number of morpholine rings is 1. The second kappa shape index (κ2) is 9.51. The summed E-state index contributed by atoms with van der Waals surface area (Å²) < 4.78 is 62.1. The minimum atomic E-state index is -5.08. The summed E-state index contributed by atoms with van der Waals surface area (Å²) in [6.45, 7) is 2.62. The summed E-state index contributed by atoms with van der Waals surface area (Å²) in [5, 5.41) is 10.9. The molecule has 1 amide bonds. The number of halogens is 4. The normalized spacial score (nSPS) is 22.5. The molecule has 2 aliphatic rings. The Morgan fingerprint density at radius 2 is 2.03 bits per heavy atom. The first-order chi connectivity index (χ1) is 15.1. The van der Waals surface area contributed by atoms with Gasteiger partial charge in [-0.3, -0.25) is 4.79 Å². The minimum Gasteiger partial charge on any atom is -0.475 e. The van der Waals surface area contributed by atoms with Crippen molar-refractivity contribution in [2.75, 3.05) is 13.2 Å². The summed E-state index contributed by atoms with van der Waals surface area (Å²) >= 11 is 0. The van der Waals surface area contributed by atoms with Crippen LogP contribution in [0.15, 0.2) is 28.9 Å². The molecule has 2 fully saturated rings. The molecule has 0 spiro atoms. The number of carboxylic acids is 1. The Morgan fingerprint density at radius 3 is 2.62 bits per heavy atom. The van der Waals surface area contributed by atoms with Gasteiger partial charge >= 0.3 is 12.1 Å². The van der Waals surface area contributed by atoms with Crippen molar-refractivity contribution in [3.8, 4) is 5.88 Å². The SMILES string of the molecule is Cc1cc(C(=O)N2CCO[C@H]3[C@@H](Oc4ncccc4F)CC[C@@H]32)no1.O=C(O)C(F)(F)F. The van der Waals surface area contributed by atoms with Crippen molar-refractivity contribution in [1.82, 2.24) is 15.0 Å². The monoisotopic (exact) mass is 461 g/mol. The van der Waals surface area contributed by atoms with Crippen LogP contribution in [0.3, 0.4) is 0 Å². The first-order valence-corrected chi connectivity index (χ1v) is 9.51. The van der Waals surface area contributed by atoms with Crippen LogP contribution in [0.1, 0.15) is 29.1 Å². The van der Waals surface area contributed by atoms with E-state index in [-0.39, 0.29) is 30.0 Å². The van der Waals surface area contributed by atoms with Crippen LogP contribution in [-0.4, -0.2) is 69.6 Å². The van der Waals surface area contributed by atoms with E-state index in [9.17, 15) is 22.4 Å². The third-order valence-electron chi connectivity index (χ3n) is 4.87. The Kier molecular flexibility index (Phi) is 6.96. The maximum atomic E-state index is 13.8. The highest BCUT2D eigenvalue weighted by Gasteiger charge is 2.46. The summed E-state index contributed by atoms with van der Waals surface area (Å²) in [6.07, 6.45) is -2.88. The van der Waals surface area contributed by atoms with Crippen LogP contribution in [0.4, 0.5) is 17.6 Å². The van der Waals surface area contributed by atoms with Crippen molar-refractivity contribution in [2.24, 2.45) is 0 Å². The molecule has 0 bridgehead atoms. The molecule has 1 saturated heterocycles. The molecule has 0 radical (unpaired) electrons. The van der Waals surface area contributed by atoms with Crippen LogP contribution in [0.2, 0.25) is 0 Å². The van der Waals surface area contributed by atoms with Crippen molar-refractivity contribution in [3.05, 3.63) is 41.7 Å². The number of carbonyl (C=O) groups is 2. The van der Waals surface area contributed by atoms with Crippen LogP contribution in [0.25, 0.3) is 0 Å². The lowest BCUT2D eigenvalue weighted by Gasteiger charge is -2.38. The zero-order chi connectivity index (χ0) is 23.5. The fourth-order valence-corrected chi connectivity index (χ4v) is 3.51. The number of carboxylic acid groups (broad SMARTS) is 1. The number of amides is 1. The van der Waals surface area contributed by atoms with Crippen molar-refractivity contribution < 1.29 is 46.3 Å². The molecule has 32 heavy (non-hydrogen) atoms. The Balaban J connectivity index is 0.000000360. The number of fused-ring (bicyclic) bond motifs is 1. The molecule has 1 aliphatic heterocycles. The number of aryl methyl sites for hydroxylation is 1. The van der Waals surface area contributed by atoms with Gasteiger partial charge in [0, 0.05) is 18.8 Å². The van der Waals surface area contributed by atoms with Gasteiger partial charge in [-0.15, -0.1) is 0 Å². The molecule has 9 nitrogen and oxygen atoms in total. The number of ether oxygens (including phenoxy) is 2. The average molecular weight is 461 g/mol. The fraction of sp³-hybridized carbons (Fsp3) is 0.474. The molecule has 0 unspecified atom stereocenters. The van der Waals surface area contributed by atoms with Crippen LogP contribution in [0, 0.1) is 12.7 Å². The van der Waals surface area contributed by atoms with E-state index in [1.807, 2.05) is 0 Å². The Hall–Kier alpha value is -3.22. The zero-order valence-electron chi connectivity index (χ0n) is 16.7. The highest BCUT2D eigenvalue weighted by atomic mass is 19.4. The number of aromatic nitrogens is 2. The van der Waals surface area contributed by atoms with Gasteiger partial charge in [0.2, 0.25) is 0 Å². The zero-order valence-corrected chi connectivity index (χ0v) is 16.7. The molecule has 1 N–H and O–H groups in total. The Labute approximate surface area is 178 Å². The van der Waals surface area contributed by atoms with Gasteiger partial charge in [0.15, 0.2) is 11.5 Å². The van der Waals surface area contributed by atoms with E-state index in [1.54, 1.807) is 17.9 Å². The molecule has 2 aromatic rings. The molecule has 1 aliphatic carbocycles. The number of pyridine rings is 1. The summed E-state index contributed by atoms with van der Waals surface area (Å²) in [4.78, 5) is 27.3. The third-order valence-corrected chi connectivity index (χ3v) is 4.87. The standard InChI is InChI=1S/C17H18FN3O4.C2HF3O2/c1-10-9-12(20-25-10)17(22)21-7-8-23-15-13(21)4-5-14(15)24-16-11(18)3-2-6-19-16;3-2(4,5)1(6)7/h2-3,6,9,13-15H,4-5,7-8H2,1H3;(H,6,7)/t13-,14-,15+;/m0./s1. The number of hydrogen-bond acceptors (Lipinski definition) is 7. The quantitative estimate of drug-likeness (QED) is 0.694. The predicted octanol–water partition coefficient (Wildman–Crippen LogP) is 2.60. The lowest BCUT2D eigenvalue weighted by Crippen LogP contribution is -2.54. The van der Waals surface area contributed by atoms with Gasteiger partial charge in [-0.1, -0.05) is 5.16 Å². The second-order valence-electron chi connectivity index (χ2n) is 7.05. The number of rotatable bonds is 3. The maximum Gasteiger partial charge on any atom is 0.490 e. The molecular weight excluding hydrogens is 442 g/mol. The molecule has 13 heteroatoms. The van der Waals surface area contributed by atoms with Crippen LogP contribution >= 0.6 is 0 Å². The number of carbonyl (C=O) groups excluding carboxylic acids is 1. The molecule has 1 saturated carbocycles. The molecule has 3 heterocycles. The predicted molar refractivity (Wildman–Crippen MR) is 97.3 cm³/mol. The maximum absolute atomic E-state index is 13.8. The first kappa shape index (κ1) is 23.4. The molecule has 0 aromatic carbocycles. The van der Waals surface area contributed by atoms with Crippen LogP contribution < -0.4 is 4.74 Å². The summed E-state index contributed by atoms with van der Waals surface area (Å²) in [5.74, 6) is -2.89. The fourth-order valence-electron chi connectivity index (χ4n) is 3.51. The van der Waals surface area contributed by atoms with Gasteiger partial charge in [0.1, 0.15) is 18.0 Å². The van der Waals surface area contributed by atoms with E-state index in [1.165, 1.54) is 18.3 Å². The van der Waals surface area contributed by atoms with Crippen molar-refractivity contribution in [2.45, 2.75) is 44.2 Å². The van der Waals surface area contributed by atoms with E-state index in [4.69, 9.17) is 23.9 Å². The molecular formula is C19H19F4N3O6. The van der Waals surface area contributed by atoms with Gasteiger partial charge in [-0.25, -0.2) is 14.2 Å². The van der Waals surface area contributed by atoms with E-state index < -0.39 is 18.0 Å². The minimum absolute atomic E-state index is 0.0349. The lowest BCUT2D eigenvalue weighted by atomic mass is 10.1. The van der Waals surface area contributed by atoms with Gasteiger partial charge in [-0.05, 0) is 31.9 Å². The third kappa shape index (κ3) is 5.33. The first-order valence-electron chi connectivity index (χ1n) is 9.51. The molecule has 3 atom stereocenters. The number of hydrogen-bond donors (Lipinski definition) is 1. The smallest absolute Gasteiger partial charge is 0.475 e.